The second kappa shape index (κ2) is 8.58. The van der Waals surface area contributed by atoms with Gasteiger partial charge in [-0.25, -0.2) is 0 Å². The summed E-state index contributed by atoms with van der Waals surface area (Å²) in [7, 11) is 2.07. The predicted octanol–water partition coefficient (Wildman–Crippen LogP) is 1.91. The molecule has 1 aromatic heterocycles. The minimum Gasteiger partial charge on any atom is -0.369 e. The third-order valence-electron chi connectivity index (χ3n) is 4.47. The van der Waals surface area contributed by atoms with Crippen molar-refractivity contribution in [3.63, 3.8) is 0 Å². The number of benzene rings is 1. The SMILES string of the molecule is CN1CCN(C(=O)c2ccc(NCCCc3ccccc3)nn2)CC1. The summed E-state index contributed by atoms with van der Waals surface area (Å²) in [6, 6.07) is 14.0. The highest BCUT2D eigenvalue weighted by Crippen LogP contribution is 2.08. The molecule has 0 spiro atoms. The van der Waals surface area contributed by atoms with Crippen molar-refractivity contribution in [1.82, 2.24) is 20.0 Å². The van der Waals surface area contributed by atoms with Gasteiger partial charge < -0.3 is 15.1 Å². The number of nitrogens with one attached hydrogen (secondary N) is 1. The Labute approximate surface area is 148 Å². The molecule has 25 heavy (non-hydrogen) atoms. The van der Waals surface area contributed by atoms with Crippen LogP contribution >= 0.6 is 0 Å². The lowest BCUT2D eigenvalue weighted by atomic mass is 10.1. The molecule has 0 aliphatic carbocycles. The van der Waals surface area contributed by atoms with E-state index in [0.717, 1.165) is 45.6 Å². The van der Waals surface area contributed by atoms with Gasteiger partial charge in [-0.05, 0) is 37.6 Å². The number of aromatic nitrogens is 2. The number of hydrogen-bond donors (Lipinski definition) is 1. The van der Waals surface area contributed by atoms with Gasteiger partial charge in [0, 0.05) is 32.7 Å². The lowest BCUT2D eigenvalue weighted by Crippen LogP contribution is -2.47. The zero-order valence-corrected chi connectivity index (χ0v) is 14.7. The van der Waals surface area contributed by atoms with Crippen LogP contribution in [0.15, 0.2) is 42.5 Å². The van der Waals surface area contributed by atoms with Gasteiger partial charge in [0.05, 0.1) is 0 Å². The van der Waals surface area contributed by atoms with Crippen molar-refractivity contribution < 1.29 is 4.79 Å². The summed E-state index contributed by atoms with van der Waals surface area (Å²) >= 11 is 0. The largest absolute Gasteiger partial charge is 0.369 e. The average Bonchev–Trinajstić information content (AvgIpc) is 2.67. The van der Waals surface area contributed by atoms with Crippen LogP contribution in [0.5, 0.6) is 0 Å². The molecule has 0 bridgehead atoms. The molecule has 2 heterocycles. The third-order valence-corrected chi connectivity index (χ3v) is 4.47. The van der Waals surface area contributed by atoms with Gasteiger partial charge in [-0.2, -0.15) is 0 Å². The Bertz CT molecular complexity index is 666. The molecule has 1 saturated heterocycles. The molecule has 0 saturated carbocycles. The van der Waals surface area contributed by atoms with E-state index < -0.39 is 0 Å². The lowest BCUT2D eigenvalue weighted by molar-refractivity contribution is 0.0657. The van der Waals surface area contributed by atoms with Crippen molar-refractivity contribution in [2.24, 2.45) is 0 Å². The molecule has 2 aromatic rings. The van der Waals surface area contributed by atoms with Gasteiger partial charge in [0.1, 0.15) is 5.82 Å². The Hall–Kier alpha value is -2.47. The summed E-state index contributed by atoms with van der Waals surface area (Å²) in [5.41, 5.74) is 1.75. The standard InChI is InChI=1S/C19H25N5O/c1-23-12-14-24(15-13-23)19(25)17-9-10-18(22-21-17)20-11-5-8-16-6-3-2-4-7-16/h2-4,6-7,9-10H,5,8,11-15H2,1H3,(H,20,22). The van der Waals surface area contributed by atoms with Gasteiger partial charge in [0.25, 0.3) is 5.91 Å². The Morgan fingerprint density at radius 3 is 2.48 bits per heavy atom. The number of carbonyl (C=O) groups is 1. The number of rotatable bonds is 6. The second-order valence-electron chi connectivity index (χ2n) is 6.42. The summed E-state index contributed by atoms with van der Waals surface area (Å²) in [6.07, 6.45) is 2.05. The summed E-state index contributed by atoms with van der Waals surface area (Å²) in [4.78, 5) is 16.5. The fraction of sp³-hybridized carbons (Fsp3) is 0.421. The molecule has 1 amide bonds. The summed E-state index contributed by atoms with van der Waals surface area (Å²) in [5.74, 6) is 0.680. The third kappa shape index (κ3) is 5.00. The van der Waals surface area contributed by atoms with Crippen LogP contribution in [0.3, 0.4) is 0 Å². The molecule has 1 N–H and O–H groups in total. The minimum absolute atomic E-state index is 0.0313. The molecule has 6 nitrogen and oxygen atoms in total. The Morgan fingerprint density at radius 1 is 1.04 bits per heavy atom. The first-order chi connectivity index (χ1) is 12.2. The molecule has 3 rings (SSSR count). The van der Waals surface area contributed by atoms with Crippen molar-refractivity contribution >= 4 is 11.7 Å². The van der Waals surface area contributed by atoms with Gasteiger partial charge in [0.2, 0.25) is 0 Å². The number of likely N-dealkylation sites (N-methyl/N-ethyl adjacent to an activating group) is 1. The van der Waals surface area contributed by atoms with Crippen LogP contribution in [0.25, 0.3) is 0 Å². The van der Waals surface area contributed by atoms with Crippen LogP contribution in [0.2, 0.25) is 0 Å². The van der Waals surface area contributed by atoms with Gasteiger partial charge >= 0.3 is 0 Å². The van der Waals surface area contributed by atoms with Gasteiger partial charge in [0.15, 0.2) is 5.69 Å². The molecule has 0 radical (unpaired) electrons. The van der Waals surface area contributed by atoms with E-state index in [1.54, 1.807) is 6.07 Å². The minimum atomic E-state index is -0.0313. The first-order valence-corrected chi connectivity index (χ1v) is 8.82. The van der Waals surface area contributed by atoms with Crippen molar-refractivity contribution in [3.05, 3.63) is 53.7 Å². The monoisotopic (exact) mass is 339 g/mol. The van der Waals surface area contributed by atoms with Crippen LogP contribution in [-0.2, 0) is 6.42 Å². The van der Waals surface area contributed by atoms with Gasteiger partial charge in [-0.15, -0.1) is 10.2 Å². The maximum atomic E-state index is 12.4. The smallest absolute Gasteiger partial charge is 0.274 e. The number of piperazine rings is 1. The Kier molecular flexibility index (Phi) is 5.95. The fourth-order valence-electron chi connectivity index (χ4n) is 2.87. The highest BCUT2D eigenvalue weighted by atomic mass is 16.2. The fourth-order valence-corrected chi connectivity index (χ4v) is 2.87. The zero-order valence-electron chi connectivity index (χ0n) is 14.7. The van der Waals surface area contributed by atoms with Crippen LogP contribution in [0, 0.1) is 0 Å². The Balaban J connectivity index is 1.44. The zero-order chi connectivity index (χ0) is 17.5. The van der Waals surface area contributed by atoms with Gasteiger partial charge in [-0.3, -0.25) is 4.79 Å². The van der Waals surface area contributed by atoms with Crippen molar-refractivity contribution in [2.45, 2.75) is 12.8 Å². The number of aryl methyl sites for hydroxylation is 1. The number of amides is 1. The quantitative estimate of drug-likeness (QED) is 0.815. The number of nitrogens with zero attached hydrogens (tertiary/aromatic N) is 4. The number of carbonyl (C=O) groups excluding carboxylic acids is 1. The topological polar surface area (TPSA) is 61.4 Å². The molecule has 0 unspecified atom stereocenters. The predicted molar refractivity (Wildman–Crippen MR) is 98.7 cm³/mol. The van der Waals surface area contributed by atoms with Crippen molar-refractivity contribution in [1.29, 1.82) is 0 Å². The molecule has 1 fully saturated rings. The molecule has 132 valence electrons. The lowest BCUT2D eigenvalue weighted by Gasteiger charge is -2.32. The highest BCUT2D eigenvalue weighted by Gasteiger charge is 2.21. The van der Waals surface area contributed by atoms with E-state index in [1.807, 2.05) is 17.0 Å². The first kappa shape index (κ1) is 17.4. The van der Waals surface area contributed by atoms with E-state index in [2.05, 4.69) is 51.7 Å². The summed E-state index contributed by atoms with van der Waals surface area (Å²) < 4.78 is 0. The van der Waals surface area contributed by atoms with Crippen LogP contribution < -0.4 is 5.32 Å². The molecular formula is C19H25N5O. The van der Waals surface area contributed by atoms with E-state index >= 15 is 0 Å². The number of hydrogen-bond acceptors (Lipinski definition) is 5. The molecule has 0 atom stereocenters. The van der Waals surface area contributed by atoms with E-state index in [9.17, 15) is 4.79 Å². The van der Waals surface area contributed by atoms with Crippen LogP contribution in [0.4, 0.5) is 5.82 Å². The molecular weight excluding hydrogens is 314 g/mol. The highest BCUT2D eigenvalue weighted by molar-refractivity contribution is 5.92. The van der Waals surface area contributed by atoms with Crippen LogP contribution in [-0.4, -0.2) is 65.7 Å². The van der Waals surface area contributed by atoms with Crippen LogP contribution in [0.1, 0.15) is 22.5 Å². The molecule has 1 aliphatic heterocycles. The van der Waals surface area contributed by atoms with E-state index in [1.165, 1.54) is 5.56 Å². The van der Waals surface area contributed by atoms with E-state index in [0.29, 0.717) is 11.5 Å². The maximum Gasteiger partial charge on any atom is 0.274 e. The molecule has 6 heteroatoms. The first-order valence-electron chi connectivity index (χ1n) is 8.82. The number of anilines is 1. The Morgan fingerprint density at radius 2 is 1.80 bits per heavy atom. The van der Waals surface area contributed by atoms with E-state index in [-0.39, 0.29) is 5.91 Å². The van der Waals surface area contributed by atoms with Crippen molar-refractivity contribution in [3.8, 4) is 0 Å². The summed E-state index contributed by atoms with van der Waals surface area (Å²) in [5, 5.41) is 11.5. The second-order valence-corrected chi connectivity index (χ2v) is 6.42. The average molecular weight is 339 g/mol. The molecule has 1 aliphatic rings. The normalized spacial score (nSPS) is 15.2. The van der Waals surface area contributed by atoms with E-state index in [4.69, 9.17) is 0 Å². The van der Waals surface area contributed by atoms with Gasteiger partial charge in [-0.1, -0.05) is 30.3 Å². The van der Waals surface area contributed by atoms with Crippen molar-refractivity contribution in [2.75, 3.05) is 45.1 Å². The maximum absolute atomic E-state index is 12.4. The summed E-state index contributed by atoms with van der Waals surface area (Å²) in [6.45, 7) is 4.13. The molecule has 1 aromatic carbocycles.